The van der Waals surface area contributed by atoms with E-state index in [0.29, 0.717) is 12.3 Å². The van der Waals surface area contributed by atoms with Crippen LogP contribution in [0, 0.1) is 12.7 Å². The number of thioether (sulfide) groups is 1. The summed E-state index contributed by atoms with van der Waals surface area (Å²) >= 11 is 2.68. The van der Waals surface area contributed by atoms with Gasteiger partial charge >= 0.3 is 0 Å². The fourth-order valence-corrected chi connectivity index (χ4v) is 3.32. The summed E-state index contributed by atoms with van der Waals surface area (Å²) in [4.78, 5) is 16.5. The van der Waals surface area contributed by atoms with E-state index in [1.54, 1.807) is 30.4 Å². The molecule has 2 heterocycles. The maximum Gasteiger partial charge on any atom is 0.277 e. The van der Waals surface area contributed by atoms with E-state index in [0.717, 1.165) is 22.5 Å². The number of hydrogen-bond acceptors (Lipinski definition) is 7. The number of nitrogens with zero attached hydrogens (tertiary/aromatic N) is 3. The van der Waals surface area contributed by atoms with Crippen molar-refractivity contribution in [3.63, 3.8) is 0 Å². The van der Waals surface area contributed by atoms with Gasteiger partial charge in [0.25, 0.3) is 5.22 Å². The zero-order valence-corrected chi connectivity index (χ0v) is 15.2. The second-order valence-electron chi connectivity index (χ2n) is 5.23. The number of aromatic nitrogens is 3. The number of aryl methyl sites for hydroxylation is 1. The Bertz CT molecular complexity index is 880. The van der Waals surface area contributed by atoms with Crippen molar-refractivity contribution in [2.24, 2.45) is 0 Å². The van der Waals surface area contributed by atoms with Gasteiger partial charge in [0.15, 0.2) is 0 Å². The number of hydrogen-bond donors (Lipinski definition) is 1. The highest BCUT2D eigenvalue weighted by Crippen LogP contribution is 2.24. The van der Waals surface area contributed by atoms with Crippen LogP contribution in [-0.2, 0) is 11.2 Å². The van der Waals surface area contributed by atoms with E-state index in [1.807, 2.05) is 12.3 Å². The SMILES string of the molecule is Cc1nc(Cc2nnc(S[C@@H](C)C(=O)Nc3ccccc3F)o2)cs1. The molecule has 130 valence electrons. The first-order valence-corrected chi connectivity index (χ1v) is 9.22. The van der Waals surface area contributed by atoms with Crippen LogP contribution in [0.1, 0.15) is 23.5 Å². The first-order chi connectivity index (χ1) is 12.0. The first-order valence-electron chi connectivity index (χ1n) is 7.46. The molecule has 1 atom stereocenters. The zero-order valence-electron chi connectivity index (χ0n) is 13.5. The maximum absolute atomic E-state index is 13.6. The topological polar surface area (TPSA) is 80.9 Å². The van der Waals surface area contributed by atoms with E-state index in [-0.39, 0.29) is 16.8 Å². The molecule has 0 aliphatic rings. The molecule has 2 aromatic heterocycles. The number of benzene rings is 1. The number of para-hydroxylation sites is 1. The van der Waals surface area contributed by atoms with Crippen LogP contribution in [0.4, 0.5) is 10.1 Å². The van der Waals surface area contributed by atoms with Gasteiger partial charge in [0, 0.05) is 5.38 Å². The Balaban J connectivity index is 1.58. The van der Waals surface area contributed by atoms with Crippen molar-refractivity contribution in [3.05, 3.63) is 52.1 Å². The van der Waals surface area contributed by atoms with Gasteiger partial charge in [0.1, 0.15) is 5.82 Å². The van der Waals surface area contributed by atoms with E-state index in [9.17, 15) is 9.18 Å². The lowest BCUT2D eigenvalue weighted by atomic mass is 10.3. The minimum atomic E-state index is -0.519. The van der Waals surface area contributed by atoms with Crippen molar-refractivity contribution in [2.45, 2.75) is 30.7 Å². The number of carbonyl (C=O) groups is 1. The molecule has 6 nitrogen and oxygen atoms in total. The molecule has 3 aromatic rings. The third-order valence-electron chi connectivity index (χ3n) is 3.23. The molecule has 3 rings (SSSR count). The van der Waals surface area contributed by atoms with E-state index in [1.165, 1.54) is 12.1 Å². The fourth-order valence-electron chi connectivity index (χ4n) is 2.00. The van der Waals surface area contributed by atoms with E-state index >= 15 is 0 Å². The highest BCUT2D eigenvalue weighted by molar-refractivity contribution is 8.00. The number of anilines is 1. The maximum atomic E-state index is 13.6. The Morgan fingerprint density at radius 1 is 1.40 bits per heavy atom. The monoisotopic (exact) mass is 378 g/mol. The predicted molar refractivity (Wildman–Crippen MR) is 94.3 cm³/mol. The van der Waals surface area contributed by atoms with E-state index in [2.05, 4.69) is 20.5 Å². The second kappa shape index (κ2) is 7.75. The molecule has 0 aliphatic heterocycles. The Morgan fingerprint density at radius 2 is 2.20 bits per heavy atom. The van der Waals surface area contributed by atoms with Crippen LogP contribution in [0.15, 0.2) is 39.3 Å². The van der Waals surface area contributed by atoms with Crippen LogP contribution < -0.4 is 5.32 Å². The van der Waals surface area contributed by atoms with Crippen molar-refractivity contribution >= 4 is 34.7 Å². The molecule has 25 heavy (non-hydrogen) atoms. The third-order valence-corrected chi connectivity index (χ3v) is 4.98. The molecular weight excluding hydrogens is 363 g/mol. The van der Waals surface area contributed by atoms with Crippen LogP contribution in [0.5, 0.6) is 0 Å². The number of carbonyl (C=O) groups excluding carboxylic acids is 1. The molecule has 0 spiro atoms. The van der Waals surface area contributed by atoms with Crippen LogP contribution in [0.3, 0.4) is 0 Å². The quantitative estimate of drug-likeness (QED) is 0.659. The fraction of sp³-hybridized carbons (Fsp3) is 0.250. The summed E-state index contributed by atoms with van der Waals surface area (Å²) in [6.07, 6.45) is 0.452. The lowest BCUT2D eigenvalue weighted by molar-refractivity contribution is -0.115. The van der Waals surface area contributed by atoms with Gasteiger partial charge in [-0.15, -0.1) is 21.5 Å². The first kappa shape index (κ1) is 17.6. The summed E-state index contributed by atoms with van der Waals surface area (Å²) in [5.41, 5.74) is 1.01. The van der Waals surface area contributed by atoms with Crippen molar-refractivity contribution in [1.29, 1.82) is 0 Å². The van der Waals surface area contributed by atoms with Crippen molar-refractivity contribution in [2.75, 3.05) is 5.32 Å². The molecule has 0 radical (unpaired) electrons. The number of halogens is 1. The summed E-state index contributed by atoms with van der Waals surface area (Å²) in [6.45, 7) is 3.62. The average Bonchev–Trinajstić information content (AvgIpc) is 3.19. The van der Waals surface area contributed by atoms with Gasteiger partial charge in [-0.3, -0.25) is 4.79 Å². The molecule has 0 aliphatic carbocycles. The lowest BCUT2D eigenvalue weighted by Crippen LogP contribution is -2.22. The van der Waals surface area contributed by atoms with Crippen LogP contribution in [-0.4, -0.2) is 26.3 Å². The third kappa shape index (κ3) is 4.64. The summed E-state index contributed by atoms with van der Waals surface area (Å²) in [5, 5.41) is 13.1. The summed E-state index contributed by atoms with van der Waals surface area (Å²) in [5.74, 6) is -0.383. The van der Waals surface area contributed by atoms with Crippen LogP contribution in [0.25, 0.3) is 0 Å². The summed E-state index contributed by atoms with van der Waals surface area (Å²) < 4.78 is 19.1. The van der Waals surface area contributed by atoms with Crippen molar-refractivity contribution < 1.29 is 13.6 Å². The molecular formula is C16H15FN4O2S2. The van der Waals surface area contributed by atoms with Crippen LogP contribution in [0.2, 0.25) is 0 Å². The molecule has 9 heteroatoms. The summed E-state index contributed by atoms with van der Waals surface area (Å²) in [6, 6.07) is 6.01. The second-order valence-corrected chi connectivity index (χ2v) is 7.58. The van der Waals surface area contributed by atoms with Gasteiger partial charge in [-0.05, 0) is 26.0 Å². The molecule has 1 N–H and O–H groups in total. The number of rotatable bonds is 6. The predicted octanol–water partition coefficient (Wildman–Crippen LogP) is 3.68. The zero-order chi connectivity index (χ0) is 17.8. The average molecular weight is 378 g/mol. The lowest BCUT2D eigenvalue weighted by Gasteiger charge is -2.10. The number of amides is 1. The summed E-state index contributed by atoms with van der Waals surface area (Å²) in [7, 11) is 0. The Morgan fingerprint density at radius 3 is 2.92 bits per heavy atom. The van der Waals surface area contributed by atoms with Gasteiger partial charge < -0.3 is 9.73 Å². The highest BCUT2D eigenvalue weighted by atomic mass is 32.2. The normalized spacial score (nSPS) is 12.1. The largest absolute Gasteiger partial charge is 0.416 e. The van der Waals surface area contributed by atoms with Gasteiger partial charge in [0.2, 0.25) is 11.8 Å². The minimum Gasteiger partial charge on any atom is -0.416 e. The molecule has 1 amide bonds. The van der Waals surface area contributed by atoms with E-state index in [4.69, 9.17) is 4.42 Å². The minimum absolute atomic E-state index is 0.144. The van der Waals surface area contributed by atoms with E-state index < -0.39 is 11.1 Å². The number of nitrogens with one attached hydrogen (secondary N) is 1. The molecule has 0 fully saturated rings. The van der Waals surface area contributed by atoms with Crippen molar-refractivity contribution in [1.82, 2.24) is 15.2 Å². The van der Waals surface area contributed by atoms with Crippen molar-refractivity contribution in [3.8, 4) is 0 Å². The van der Waals surface area contributed by atoms with Gasteiger partial charge in [-0.1, -0.05) is 23.9 Å². The smallest absolute Gasteiger partial charge is 0.277 e. The highest BCUT2D eigenvalue weighted by Gasteiger charge is 2.19. The standard InChI is InChI=1S/C16H15FN4O2S2/c1-9(15(22)19-13-6-4-3-5-12(13)17)25-16-21-20-14(23-16)7-11-8-24-10(2)18-11/h3-6,8-9H,7H2,1-2H3,(H,19,22)/t9-/m0/s1. The Kier molecular flexibility index (Phi) is 5.44. The molecule has 0 bridgehead atoms. The molecule has 0 saturated heterocycles. The molecule has 0 unspecified atom stereocenters. The molecule has 0 saturated carbocycles. The van der Waals surface area contributed by atoms with Gasteiger partial charge in [-0.25, -0.2) is 9.37 Å². The number of thiazole rings is 1. The Hall–Kier alpha value is -2.26. The molecule has 1 aromatic carbocycles. The van der Waals surface area contributed by atoms with Gasteiger partial charge in [0.05, 0.1) is 28.1 Å². The van der Waals surface area contributed by atoms with Crippen LogP contribution >= 0.6 is 23.1 Å². The Labute approximate surface area is 151 Å². The van der Waals surface area contributed by atoms with Gasteiger partial charge in [-0.2, -0.15) is 0 Å².